The van der Waals surface area contributed by atoms with Gasteiger partial charge in [0.25, 0.3) is 0 Å². The number of aliphatic hydroxyl groups is 1. The third-order valence-electron chi connectivity index (χ3n) is 2.19. The van der Waals surface area contributed by atoms with E-state index in [1.54, 1.807) is 24.5 Å². The predicted molar refractivity (Wildman–Crippen MR) is 64.1 cm³/mol. The van der Waals surface area contributed by atoms with Gasteiger partial charge in [0, 0.05) is 28.6 Å². The van der Waals surface area contributed by atoms with Crippen LogP contribution in [0.3, 0.4) is 0 Å². The van der Waals surface area contributed by atoms with E-state index in [0.29, 0.717) is 11.3 Å². The summed E-state index contributed by atoms with van der Waals surface area (Å²) < 4.78 is 12.7. The van der Waals surface area contributed by atoms with Crippen LogP contribution in [0.4, 0.5) is 4.39 Å². The molecular weight excluding hydrogens is 239 g/mol. The highest BCUT2D eigenvalue weighted by Crippen LogP contribution is 2.24. The van der Waals surface area contributed by atoms with Gasteiger partial charge in [-0.1, -0.05) is 0 Å². The van der Waals surface area contributed by atoms with Crippen molar-refractivity contribution in [3.63, 3.8) is 0 Å². The summed E-state index contributed by atoms with van der Waals surface area (Å²) in [5, 5.41) is 9.86. The van der Waals surface area contributed by atoms with Crippen molar-refractivity contribution in [1.82, 2.24) is 9.97 Å². The van der Waals surface area contributed by atoms with E-state index >= 15 is 0 Å². The third kappa shape index (κ3) is 3.51. The predicted octanol–water partition coefficient (Wildman–Crippen LogP) is 2.44. The number of hydrogen-bond donors (Lipinski definition) is 1. The van der Waals surface area contributed by atoms with Gasteiger partial charge in [-0.3, -0.25) is 0 Å². The number of rotatable bonds is 4. The molecule has 0 saturated heterocycles. The van der Waals surface area contributed by atoms with Crippen LogP contribution in [0.1, 0.15) is 11.7 Å². The molecule has 17 heavy (non-hydrogen) atoms. The molecule has 0 radical (unpaired) electrons. The second-order valence-corrected chi connectivity index (χ2v) is 4.55. The van der Waals surface area contributed by atoms with Crippen LogP contribution >= 0.6 is 11.8 Å². The van der Waals surface area contributed by atoms with E-state index in [1.165, 1.54) is 30.2 Å². The molecule has 2 aromatic rings. The Labute approximate surface area is 103 Å². The van der Waals surface area contributed by atoms with E-state index in [1.807, 2.05) is 0 Å². The lowest BCUT2D eigenvalue weighted by Gasteiger charge is -2.09. The van der Waals surface area contributed by atoms with Gasteiger partial charge in [-0.15, -0.1) is 11.8 Å². The molecular formula is C12H11FN2OS. The first-order chi connectivity index (χ1) is 8.25. The van der Waals surface area contributed by atoms with Gasteiger partial charge < -0.3 is 5.11 Å². The molecule has 3 nitrogen and oxygen atoms in total. The smallest absolute Gasteiger partial charge is 0.123 e. The molecule has 0 fully saturated rings. The first kappa shape index (κ1) is 12.0. The third-order valence-corrected chi connectivity index (χ3v) is 3.27. The van der Waals surface area contributed by atoms with Crippen molar-refractivity contribution in [2.24, 2.45) is 0 Å². The summed E-state index contributed by atoms with van der Waals surface area (Å²) in [6, 6.07) is 6.18. The van der Waals surface area contributed by atoms with Crippen LogP contribution in [-0.4, -0.2) is 20.8 Å². The zero-order valence-electron chi connectivity index (χ0n) is 8.95. The van der Waals surface area contributed by atoms with E-state index in [9.17, 15) is 9.50 Å². The molecule has 1 heterocycles. The fourth-order valence-electron chi connectivity index (χ4n) is 1.28. The van der Waals surface area contributed by atoms with Crippen LogP contribution in [0.15, 0.2) is 47.9 Å². The van der Waals surface area contributed by atoms with Crippen LogP contribution in [0.5, 0.6) is 0 Å². The molecule has 0 bridgehead atoms. The standard InChI is InChI=1S/C12H11FN2OS/c13-10-1-3-11(4-2-10)17-7-12(16)9-5-14-8-15-6-9/h1-6,8,12,16H,7H2. The molecule has 1 N–H and O–H groups in total. The largest absolute Gasteiger partial charge is 0.387 e. The maximum Gasteiger partial charge on any atom is 0.123 e. The summed E-state index contributed by atoms with van der Waals surface area (Å²) in [7, 11) is 0. The number of benzene rings is 1. The first-order valence-corrected chi connectivity index (χ1v) is 6.05. The fourth-order valence-corrected chi connectivity index (χ4v) is 2.16. The van der Waals surface area contributed by atoms with Gasteiger partial charge in [-0.25, -0.2) is 14.4 Å². The lowest BCUT2D eigenvalue weighted by Crippen LogP contribution is -2.01. The SMILES string of the molecule is OC(CSc1ccc(F)cc1)c1cncnc1. The quantitative estimate of drug-likeness (QED) is 0.847. The van der Waals surface area contributed by atoms with Crippen molar-refractivity contribution in [2.75, 3.05) is 5.75 Å². The first-order valence-electron chi connectivity index (χ1n) is 5.07. The summed E-state index contributed by atoms with van der Waals surface area (Å²) in [5.41, 5.74) is 0.683. The second-order valence-electron chi connectivity index (χ2n) is 3.45. The van der Waals surface area contributed by atoms with Gasteiger partial charge in [-0.2, -0.15) is 0 Å². The lowest BCUT2D eigenvalue weighted by molar-refractivity contribution is 0.203. The van der Waals surface area contributed by atoms with Gasteiger partial charge in [-0.05, 0) is 24.3 Å². The number of thioether (sulfide) groups is 1. The van der Waals surface area contributed by atoms with Gasteiger partial charge in [0.2, 0.25) is 0 Å². The highest BCUT2D eigenvalue weighted by atomic mass is 32.2. The number of halogens is 1. The van der Waals surface area contributed by atoms with E-state index in [4.69, 9.17) is 0 Å². The van der Waals surface area contributed by atoms with Crippen molar-refractivity contribution in [2.45, 2.75) is 11.0 Å². The average molecular weight is 250 g/mol. The lowest BCUT2D eigenvalue weighted by atomic mass is 10.2. The Morgan fingerprint density at radius 2 is 1.82 bits per heavy atom. The fraction of sp³-hybridized carbons (Fsp3) is 0.167. The van der Waals surface area contributed by atoms with Crippen molar-refractivity contribution < 1.29 is 9.50 Å². The second kappa shape index (κ2) is 5.75. The monoisotopic (exact) mass is 250 g/mol. The van der Waals surface area contributed by atoms with Gasteiger partial charge in [0.15, 0.2) is 0 Å². The minimum Gasteiger partial charge on any atom is -0.387 e. The number of hydrogen-bond acceptors (Lipinski definition) is 4. The summed E-state index contributed by atoms with van der Waals surface area (Å²) >= 11 is 1.46. The molecule has 88 valence electrons. The Morgan fingerprint density at radius 1 is 1.18 bits per heavy atom. The minimum atomic E-state index is -0.619. The molecule has 1 aromatic heterocycles. The van der Waals surface area contributed by atoms with E-state index in [-0.39, 0.29) is 5.82 Å². The Morgan fingerprint density at radius 3 is 2.47 bits per heavy atom. The Kier molecular flexibility index (Phi) is 4.06. The van der Waals surface area contributed by atoms with Crippen LogP contribution in [-0.2, 0) is 0 Å². The van der Waals surface area contributed by atoms with Gasteiger partial charge in [0.05, 0.1) is 6.10 Å². The summed E-state index contributed by atoms with van der Waals surface area (Å²) in [4.78, 5) is 8.60. The molecule has 2 rings (SSSR count). The maximum atomic E-state index is 12.7. The highest BCUT2D eigenvalue weighted by Gasteiger charge is 2.08. The summed E-state index contributed by atoms with van der Waals surface area (Å²) in [5.74, 6) is 0.227. The molecule has 1 atom stereocenters. The zero-order valence-corrected chi connectivity index (χ0v) is 9.77. The molecule has 1 aromatic carbocycles. The summed E-state index contributed by atoms with van der Waals surface area (Å²) in [6.07, 6.45) is 3.97. The average Bonchev–Trinajstić information content (AvgIpc) is 2.39. The number of aromatic nitrogens is 2. The van der Waals surface area contributed by atoms with Crippen molar-refractivity contribution in [3.8, 4) is 0 Å². The van der Waals surface area contributed by atoms with Gasteiger partial charge >= 0.3 is 0 Å². The molecule has 0 aliphatic rings. The molecule has 0 amide bonds. The van der Waals surface area contributed by atoms with Crippen LogP contribution in [0.2, 0.25) is 0 Å². The van der Waals surface area contributed by atoms with E-state index in [2.05, 4.69) is 9.97 Å². The number of nitrogens with zero attached hydrogens (tertiary/aromatic N) is 2. The maximum absolute atomic E-state index is 12.7. The Hall–Kier alpha value is -1.46. The summed E-state index contributed by atoms with van der Waals surface area (Å²) in [6.45, 7) is 0. The molecule has 0 saturated carbocycles. The Balaban J connectivity index is 1.92. The molecule has 5 heteroatoms. The van der Waals surface area contributed by atoms with E-state index in [0.717, 1.165) is 4.90 Å². The minimum absolute atomic E-state index is 0.258. The van der Waals surface area contributed by atoms with Crippen molar-refractivity contribution in [3.05, 3.63) is 54.4 Å². The Bertz CT molecular complexity index is 464. The molecule has 0 aliphatic heterocycles. The van der Waals surface area contributed by atoms with E-state index < -0.39 is 6.10 Å². The van der Waals surface area contributed by atoms with Crippen molar-refractivity contribution in [1.29, 1.82) is 0 Å². The van der Waals surface area contributed by atoms with Crippen LogP contribution < -0.4 is 0 Å². The van der Waals surface area contributed by atoms with Gasteiger partial charge in [0.1, 0.15) is 12.1 Å². The normalized spacial score (nSPS) is 12.4. The number of aliphatic hydroxyl groups excluding tert-OH is 1. The van der Waals surface area contributed by atoms with Crippen LogP contribution in [0, 0.1) is 5.82 Å². The van der Waals surface area contributed by atoms with Crippen LogP contribution in [0.25, 0.3) is 0 Å². The zero-order chi connectivity index (χ0) is 12.1. The van der Waals surface area contributed by atoms with Crippen molar-refractivity contribution >= 4 is 11.8 Å². The topological polar surface area (TPSA) is 46.0 Å². The molecule has 1 unspecified atom stereocenters. The highest BCUT2D eigenvalue weighted by molar-refractivity contribution is 7.99. The molecule has 0 spiro atoms. The molecule has 0 aliphatic carbocycles.